The molecule has 0 radical (unpaired) electrons. The first-order valence-corrected chi connectivity index (χ1v) is 9.84. The molecule has 1 amide bonds. The highest BCUT2D eigenvalue weighted by molar-refractivity contribution is 7.99. The van der Waals surface area contributed by atoms with Crippen LogP contribution in [0, 0.1) is 13.8 Å². The molecule has 3 aromatic rings. The molecule has 29 heavy (non-hydrogen) atoms. The number of nitrogens with one attached hydrogen (secondary N) is 1. The summed E-state index contributed by atoms with van der Waals surface area (Å²) in [6.45, 7) is 3.93. The van der Waals surface area contributed by atoms with Crippen LogP contribution >= 0.6 is 11.8 Å². The Morgan fingerprint density at radius 2 is 1.93 bits per heavy atom. The first-order valence-electron chi connectivity index (χ1n) is 8.85. The second kappa shape index (κ2) is 8.87. The fourth-order valence-corrected chi connectivity index (χ4v) is 3.39. The van der Waals surface area contributed by atoms with Crippen LogP contribution in [0.5, 0.6) is 11.5 Å². The lowest BCUT2D eigenvalue weighted by Gasteiger charge is -2.10. The van der Waals surface area contributed by atoms with E-state index in [1.165, 1.54) is 16.4 Å². The van der Waals surface area contributed by atoms with E-state index < -0.39 is 0 Å². The van der Waals surface area contributed by atoms with E-state index in [2.05, 4.69) is 15.5 Å². The first kappa shape index (κ1) is 20.5. The number of aryl methyl sites for hydroxylation is 2. The third-order valence-electron chi connectivity index (χ3n) is 4.31. The molecular weight excluding hydrogens is 390 g/mol. The van der Waals surface area contributed by atoms with Gasteiger partial charge < -0.3 is 20.6 Å². The Morgan fingerprint density at radius 3 is 2.66 bits per heavy atom. The first-order chi connectivity index (χ1) is 13.9. The summed E-state index contributed by atoms with van der Waals surface area (Å²) in [7, 11) is 3.14. The van der Waals surface area contributed by atoms with Crippen LogP contribution in [0.25, 0.3) is 11.4 Å². The maximum Gasteiger partial charge on any atom is 0.234 e. The molecule has 152 valence electrons. The van der Waals surface area contributed by atoms with Crippen LogP contribution < -0.4 is 20.6 Å². The number of amides is 1. The van der Waals surface area contributed by atoms with Gasteiger partial charge in [-0.2, -0.15) is 0 Å². The number of methoxy groups -OCH3 is 2. The fraction of sp³-hybridized carbons (Fsp3) is 0.250. The minimum Gasteiger partial charge on any atom is -0.497 e. The van der Waals surface area contributed by atoms with Crippen molar-refractivity contribution in [3.05, 3.63) is 47.5 Å². The number of hydrogen-bond acceptors (Lipinski definition) is 7. The van der Waals surface area contributed by atoms with Crippen LogP contribution in [-0.2, 0) is 4.79 Å². The Bertz CT molecular complexity index is 1030. The Labute approximate surface area is 173 Å². The van der Waals surface area contributed by atoms with Gasteiger partial charge in [0, 0.05) is 11.8 Å². The van der Waals surface area contributed by atoms with Gasteiger partial charge in [0.15, 0.2) is 5.82 Å². The average molecular weight is 414 g/mol. The normalized spacial score (nSPS) is 10.6. The molecule has 1 heterocycles. The SMILES string of the molecule is COc1ccc(-c2nnc(SCC(=O)Nc3cc(C)ccc3C)n2N)c(OC)c1. The zero-order valence-corrected chi connectivity index (χ0v) is 17.5. The minimum atomic E-state index is -0.143. The van der Waals surface area contributed by atoms with Crippen molar-refractivity contribution in [1.82, 2.24) is 14.9 Å². The lowest BCUT2D eigenvalue weighted by atomic mass is 10.1. The number of nitrogens with two attached hydrogens (primary N) is 1. The lowest BCUT2D eigenvalue weighted by molar-refractivity contribution is -0.113. The van der Waals surface area contributed by atoms with E-state index in [0.29, 0.717) is 28.0 Å². The number of hydrogen-bond donors (Lipinski definition) is 2. The third-order valence-corrected chi connectivity index (χ3v) is 5.26. The lowest BCUT2D eigenvalue weighted by Crippen LogP contribution is -2.17. The predicted molar refractivity (Wildman–Crippen MR) is 114 cm³/mol. The Kier molecular flexibility index (Phi) is 6.28. The van der Waals surface area contributed by atoms with Crippen molar-refractivity contribution in [2.45, 2.75) is 19.0 Å². The van der Waals surface area contributed by atoms with Crippen molar-refractivity contribution in [2.75, 3.05) is 31.1 Å². The van der Waals surface area contributed by atoms with Gasteiger partial charge in [0.25, 0.3) is 0 Å². The van der Waals surface area contributed by atoms with Crippen molar-refractivity contribution < 1.29 is 14.3 Å². The van der Waals surface area contributed by atoms with Gasteiger partial charge in [-0.1, -0.05) is 23.9 Å². The quantitative estimate of drug-likeness (QED) is 0.453. The smallest absolute Gasteiger partial charge is 0.234 e. The van der Waals surface area contributed by atoms with Crippen LogP contribution in [-0.4, -0.2) is 40.8 Å². The molecule has 0 aliphatic heterocycles. The molecule has 0 saturated heterocycles. The molecule has 9 heteroatoms. The summed E-state index contributed by atoms with van der Waals surface area (Å²) in [6, 6.07) is 11.3. The summed E-state index contributed by atoms with van der Waals surface area (Å²) in [5, 5.41) is 11.6. The molecule has 0 atom stereocenters. The molecule has 8 nitrogen and oxygen atoms in total. The third kappa shape index (κ3) is 4.62. The van der Waals surface area contributed by atoms with E-state index in [1.54, 1.807) is 32.4 Å². The number of thioether (sulfide) groups is 1. The highest BCUT2D eigenvalue weighted by Gasteiger charge is 2.18. The molecule has 0 saturated carbocycles. The maximum atomic E-state index is 12.3. The largest absolute Gasteiger partial charge is 0.497 e. The van der Waals surface area contributed by atoms with Crippen LogP contribution in [0.4, 0.5) is 5.69 Å². The number of benzene rings is 2. The summed E-state index contributed by atoms with van der Waals surface area (Å²) < 4.78 is 12.0. The zero-order chi connectivity index (χ0) is 21.0. The van der Waals surface area contributed by atoms with Crippen molar-refractivity contribution >= 4 is 23.4 Å². The fourth-order valence-electron chi connectivity index (χ4n) is 2.73. The summed E-state index contributed by atoms with van der Waals surface area (Å²) in [5.41, 5.74) is 3.56. The standard InChI is InChI=1S/C20H23N5O3S/c1-12-5-6-13(2)16(9-12)22-18(26)11-29-20-24-23-19(25(20)21)15-8-7-14(27-3)10-17(15)28-4/h5-10H,11,21H2,1-4H3,(H,22,26). The van der Waals surface area contributed by atoms with E-state index in [1.807, 2.05) is 32.0 Å². The Morgan fingerprint density at radius 1 is 1.14 bits per heavy atom. The Balaban J connectivity index is 1.72. The van der Waals surface area contributed by atoms with Gasteiger partial charge in [-0.05, 0) is 43.2 Å². The van der Waals surface area contributed by atoms with Crippen LogP contribution in [0.15, 0.2) is 41.6 Å². The topological polar surface area (TPSA) is 104 Å². The molecule has 3 rings (SSSR count). The summed E-state index contributed by atoms with van der Waals surface area (Å²) in [6.07, 6.45) is 0. The number of rotatable bonds is 7. The number of ether oxygens (including phenoxy) is 2. The maximum absolute atomic E-state index is 12.3. The number of carbonyl (C=O) groups excluding carboxylic acids is 1. The van der Waals surface area contributed by atoms with Crippen molar-refractivity contribution in [1.29, 1.82) is 0 Å². The number of nitrogens with zero attached hydrogens (tertiary/aromatic N) is 3. The van der Waals surface area contributed by atoms with Crippen LogP contribution in [0.3, 0.4) is 0 Å². The molecule has 0 bridgehead atoms. The van der Waals surface area contributed by atoms with Gasteiger partial charge in [-0.15, -0.1) is 10.2 Å². The van der Waals surface area contributed by atoms with E-state index >= 15 is 0 Å². The minimum absolute atomic E-state index is 0.143. The summed E-state index contributed by atoms with van der Waals surface area (Å²) in [4.78, 5) is 12.3. The van der Waals surface area contributed by atoms with Gasteiger partial charge in [0.05, 0.1) is 25.5 Å². The molecule has 3 N–H and O–H groups in total. The van der Waals surface area contributed by atoms with Crippen molar-refractivity contribution in [3.8, 4) is 22.9 Å². The molecule has 2 aromatic carbocycles. The Hall–Kier alpha value is -3.20. The monoisotopic (exact) mass is 413 g/mol. The molecule has 0 unspecified atom stereocenters. The number of aromatic nitrogens is 3. The zero-order valence-electron chi connectivity index (χ0n) is 16.7. The van der Waals surface area contributed by atoms with E-state index in [9.17, 15) is 4.79 Å². The molecule has 0 fully saturated rings. The predicted octanol–water partition coefficient (Wildman–Crippen LogP) is 3.02. The summed E-state index contributed by atoms with van der Waals surface area (Å²) >= 11 is 1.21. The summed E-state index contributed by atoms with van der Waals surface area (Å²) in [5.74, 6) is 7.83. The van der Waals surface area contributed by atoms with Gasteiger partial charge in [0.1, 0.15) is 11.5 Å². The van der Waals surface area contributed by atoms with Gasteiger partial charge in [0.2, 0.25) is 11.1 Å². The van der Waals surface area contributed by atoms with E-state index in [4.69, 9.17) is 15.3 Å². The second-order valence-electron chi connectivity index (χ2n) is 6.40. The molecule has 0 aliphatic rings. The van der Waals surface area contributed by atoms with Crippen LogP contribution in [0.1, 0.15) is 11.1 Å². The molecule has 1 aromatic heterocycles. The average Bonchev–Trinajstić information content (AvgIpc) is 3.08. The molecule has 0 spiro atoms. The van der Waals surface area contributed by atoms with Gasteiger partial charge in [-0.25, -0.2) is 4.68 Å². The molecular formula is C20H23N5O3S. The van der Waals surface area contributed by atoms with Gasteiger partial charge >= 0.3 is 0 Å². The van der Waals surface area contributed by atoms with Crippen molar-refractivity contribution in [2.24, 2.45) is 0 Å². The van der Waals surface area contributed by atoms with Crippen molar-refractivity contribution in [3.63, 3.8) is 0 Å². The van der Waals surface area contributed by atoms with E-state index in [0.717, 1.165) is 16.8 Å². The highest BCUT2D eigenvalue weighted by atomic mass is 32.2. The van der Waals surface area contributed by atoms with E-state index in [-0.39, 0.29) is 11.7 Å². The second-order valence-corrected chi connectivity index (χ2v) is 7.34. The van der Waals surface area contributed by atoms with Crippen LogP contribution in [0.2, 0.25) is 0 Å². The number of nitrogen functional groups attached to an aromatic ring is 1. The van der Waals surface area contributed by atoms with Gasteiger partial charge in [-0.3, -0.25) is 4.79 Å². The highest BCUT2D eigenvalue weighted by Crippen LogP contribution is 2.33. The molecule has 0 aliphatic carbocycles. The number of carbonyl (C=O) groups is 1. The number of anilines is 1.